The lowest BCUT2D eigenvalue weighted by Crippen LogP contribution is -2.16. The first-order valence-electron chi connectivity index (χ1n) is 11.6. The number of nitrogens with one attached hydrogen (secondary N) is 1. The summed E-state index contributed by atoms with van der Waals surface area (Å²) in [5, 5.41) is 11.3. The molecule has 34 heavy (non-hydrogen) atoms. The largest absolute Gasteiger partial charge is 0.376 e. The van der Waals surface area contributed by atoms with Crippen LogP contribution in [0.25, 0.3) is 22.3 Å². The minimum atomic E-state index is 0.194. The summed E-state index contributed by atoms with van der Waals surface area (Å²) >= 11 is 1.68. The first-order chi connectivity index (χ1) is 16.8. The molecule has 7 nitrogen and oxygen atoms in total. The molecule has 1 N–H and O–H groups in total. The van der Waals surface area contributed by atoms with Gasteiger partial charge in [0.1, 0.15) is 5.82 Å². The zero-order valence-electron chi connectivity index (χ0n) is 18.8. The van der Waals surface area contributed by atoms with Crippen LogP contribution in [0.2, 0.25) is 0 Å². The number of H-pyrrole nitrogens is 1. The van der Waals surface area contributed by atoms with Crippen LogP contribution in [0.15, 0.2) is 78.3 Å². The summed E-state index contributed by atoms with van der Waals surface area (Å²) in [7, 11) is 0. The number of hydrogen-bond donors (Lipinski definition) is 1. The van der Waals surface area contributed by atoms with Crippen molar-refractivity contribution in [2.75, 3.05) is 6.61 Å². The second-order valence-corrected chi connectivity index (χ2v) is 9.49. The monoisotopic (exact) mass is 470 g/mol. The van der Waals surface area contributed by atoms with Crippen molar-refractivity contribution in [2.24, 2.45) is 0 Å². The number of aromatic amines is 1. The molecule has 0 radical (unpaired) electrons. The Balaban J connectivity index is 1.28. The van der Waals surface area contributed by atoms with Gasteiger partial charge in [0.05, 0.1) is 18.4 Å². The number of fused-ring (bicyclic) bond motifs is 1. The molecule has 5 aromatic rings. The Hall–Kier alpha value is -3.36. The third-order valence-electron chi connectivity index (χ3n) is 6.29. The Kier molecular flexibility index (Phi) is 5.91. The van der Waals surface area contributed by atoms with E-state index in [4.69, 9.17) is 4.74 Å². The highest BCUT2D eigenvalue weighted by Crippen LogP contribution is 2.32. The van der Waals surface area contributed by atoms with Crippen molar-refractivity contribution in [2.45, 2.75) is 42.9 Å². The third-order valence-corrected chi connectivity index (χ3v) is 7.25. The van der Waals surface area contributed by atoms with Crippen molar-refractivity contribution >= 4 is 22.7 Å². The summed E-state index contributed by atoms with van der Waals surface area (Å²) in [6.07, 6.45) is 8.30. The van der Waals surface area contributed by atoms with E-state index in [-0.39, 0.29) is 6.10 Å². The zero-order chi connectivity index (χ0) is 22.7. The summed E-state index contributed by atoms with van der Waals surface area (Å²) in [6.45, 7) is 2.39. The van der Waals surface area contributed by atoms with E-state index < -0.39 is 0 Å². The molecule has 172 valence electrons. The average molecular weight is 471 g/mol. The van der Waals surface area contributed by atoms with Gasteiger partial charge in [-0.25, -0.2) is 4.98 Å². The molecule has 3 aromatic heterocycles. The van der Waals surface area contributed by atoms with E-state index in [1.807, 2.05) is 30.7 Å². The van der Waals surface area contributed by atoms with Gasteiger partial charge in [-0.3, -0.25) is 4.57 Å². The van der Waals surface area contributed by atoms with Crippen LogP contribution in [0.4, 0.5) is 0 Å². The maximum absolute atomic E-state index is 5.97. The van der Waals surface area contributed by atoms with E-state index in [0.717, 1.165) is 71.6 Å². The molecule has 0 saturated carbocycles. The number of benzene rings is 2. The molecule has 0 spiro atoms. The van der Waals surface area contributed by atoms with Gasteiger partial charge in [-0.2, -0.15) is 0 Å². The fourth-order valence-electron chi connectivity index (χ4n) is 4.54. The van der Waals surface area contributed by atoms with Crippen LogP contribution < -0.4 is 0 Å². The van der Waals surface area contributed by atoms with Crippen LogP contribution in [-0.2, 0) is 23.6 Å². The molecule has 1 aliphatic rings. The fourth-order valence-corrected chi connectivity index (χ4v) is 5.46. The summed E-state index contributed by atoms with van der Waals surface area (Å²) in [4.78, 5) is 7.98. The Bertz CT molecular complexity index is 1380. The van der Waals surface area contributed by atoms with Gasteiger partial charge >= 0.3 is 0 Å². The summed E-state index contributed by atoms with van der Waals surface area (Å²) in [5.41, 5.74) is 3.43. The Morgan fingerprint density at radius 1 is 1.06 bits per heavy atom. The third kappa shape index (κ3) is 4.26. The van der Waals surface area contributed by atoms with E-state index in [2.05, 4.69) is 71.8 Å². The highest BCUT2D eigenvalue weighted by atomic mass is 32.2. The van der Waals surface area contributed by atoms with Crippen molar-refractivity contribution < 1.29 is 4.74 Å². The molecule has 1 unspecified atom stereocenters. The van der Waals surface area contributed by atoms with Crippen LogP contribution in [0.1, 0.15) is 24.2 Å². The lowest BCUT2D eigenvalue weighted by atomic mass is 10.1. The molecule has 1 aliphatic heterocycles. The number of imidazole rings is 1. The molecule has 0 amide bonds. The summed E-state index contributed by atoms with van der Waals surface area (Å²) in [5.74, 6) is 2.62. The van der Waals surface area contributed by atoms with Crippen LogP contribution in [0.3, 0.4) is 0 Å². The Morgan fingerprint density at radius 2 is 1.94 bits per heavy atom. The van der Waals surface area contributed by atoms with E-state index >= 15 is 0 Å². The lowest BCUT2D eigenvalue weighted by Gasteiger charge is -2.14. The van der Waals surface area contributed by atoms with Gasteiger partial charge < -0.3 is 14.3 Å². The smallest absolute Gasteiger partial charge is 0.192 e. The Morgan fingerprint density at radius 3 is 2.82 bits per heavy atom. The Labute approximate surface area is 202 Å². The van der Waals surface area contributed by atoms with Crippen molar-refractivity contribution in [3.05, 3.63) is 84.6 Å². The molecular formula is C26H26N6OS. The van der Waals surface area contributed by atoms with Gasteiger partial charge in [0.25, 0.3) is 0 Å². The number of thioether (sulfide) groups is 1. The molecule has 6 rings (SSSR count). The van der Waals surface area contributed by atoms with E-state index in [1.54, 1.807) is 11.8 Å². The van der Waals surface area contributed by atoms with Gasteiger partial charge in [0.2, 0.25) is 0 Å². The predicted molar refractivity (Wildman–Crippen MR) is 134 cm³/mol. The summed E-state index contributed by atoms with van der Waals surface area (Å²) < 4.78 is 10.4. The molecule has 8 heteroatoms. The minimum absolute atomic E-state index is 0.194. The van der Waals surface area contributed by atoms with E-state index in [1.165, 1.54) is 5.56 Å². The SMILES string of the molecule is c1ccc(Cn2ccnc2CSc2nnc(-c3c[nH]c4ccccc34)n2CC2CCCO2)cc1. The van der Waals surface area contributed by atoms with Crippen molar-refractivity contribution in [1.82, 2.24) is 29.3 Å². The van der Waals surface area contributed by atoms with Gasteiger partial charge in [0.15, 0.2) is 11.0 Å². The van der Waals surface area contributed by atoms with E-state index in [9.17, 15) is 0 Å². The molecule has 0 bridgehead atoms. The van der Waals surface area contributed by atoms with Crippen molar-refractivity contribution in [1.29, 1.82) is 0 Å². The molecule has 2 aromatic carbocycles. The highest BCUT2D eigenvalue weighted by Gasteiger charge is 2.23. The normalized spacial score (nSPS) is 15.9. The number of nitrogens with zero attached hydrogens (tertiary/aromatic N) is 5. The minimum Gasteiger partial charge on any atom is -0.376 e. The fraction of sp³-hybridized carbons (Fsp3) is 0.269. The molecular weight excluding hydrogens is 444 g/mol. The second kappa shape index (κ2) is 9.48. The van der Waals surface area contributed by atoms with Crippen LogP contribution >= 0.6 is 11.8 Å². The van der Waals surface area contributed by atoms with Gasteiger partial charge in [-0.15, -0.1) is 10.2 Å². The maximum atomic E-state index is 5.97. The summed E-state index contributed by atoms with van der Waals surface area (Å²) in [6, 6.07) is 18.8. The number of aromatic nitrogens is 6. The van der Waals surface area contributed by atoms with Crippen LogP contribution in [-0.4, -0.2) is 42.0 Å². The van der Waals surface area contributed by atoms with Gasteiger partial charge in [-0.05, 0) is 24.5 Å². The van der Waals surface area contributed by atoms with Gasteiger partial charge in [-0.1, -0.05) is 60.3 Å². The average Bonchev–Trinajstić information content (AvgIpc) is 3.67. The quantitative estimate of drug-likeness (QED) is 0.318. The number of para-hydroxylation sites is 1. The molecule has 1 atom stereocenters. The number of rotatable bonds is 8. The first-order valence-corrected chi connectivity index (χ1v) is 12.6. The molecule has 4 heterocycles. The first kappa shape index (κ1) is 21.2. The molecule has 1 saturated heterocycles. The maximum Gasteiger partial charge on any atom is 0.192 e. The van der Waals surface area contributed by atoms with Crippen molar-refractivity contribution in [3.8, 4) is 11.4 Å². The topological polar surface area (TPSA) is 73.5 Å². The predicted octanol–water partition coefficient (Wildman–Crippen LogP) is 5.14. The lowest BCUT2D eigenvalue weighted by molar-refractivity contribution is 0.0953. The van der Waals surface area contributed by atoms with Crippen LogP contribution in [0, 0.1) is 0 Å². The second-order valence-electron chi connectivity index (χ2n) is 8.55. The zero-order valence-corrected chi connectivity index (χ0v) is 19.6. The molecule has 1 fully saturated rings. The number of ether oxygens (including phenoxy) is 1. The van der Waals surface area contributed by atoms with Crippen LogP contribution in [0.5, 0.6) is 0 Å². The number of hydrogen-bond acceptors (Lipinski definition) is 5. The molecule has 0 aliphatic carbocycles. The van der Waals surface area contributed by atoms with Gasteiger partial charge in [0, 0.05) is 48.2 Å². The van der Waals surface area contributed by atoms with Crippen molar-refractivity contribution in [3.63, 3.8) is 0 Å². The highest BCUT2D eigenvalue weighted by molar-refractivity contribution is 7.98. The standard InChI is InChI=1S/C26H26N6OS/c1-2-7-19(8-3-1)16-31-13-12-27-24(31)18-34-26-30-29-25(32(26)17-20-9-6-14-33-20)22-15-28-23-11-5-4-10-21(22)23/h1-5,7-8,10-13,15,20,28H,6,9,14,16-18H2. The van der Waals surface area contributed by atoms with E-state index in [0.29, 0.717) is 0 Å².